The van der Waals surface area contributed by atoms with Gasteiger partial charge in [-0.1, -0.05) is 12.1 Å². The summed E-state index contributed by atoms with van der Waals surface area (Å²) < 4.78 is 40.6. The topological polar surface area (TPSA) is 189 Å². The number of phenols is 2. The average Bonchev–Trinajstić information content (AvgIpc) is 3.17. The van der Waals surface area contributed by atoms with Crippen molar-refractivity contribution < 1.29 is 42.1 Å². The van der Waals surface area contributed by atoms with E-state index in [1.807, 2.05) is 6.92 Å². The Hall–Kier alpha value is -7.38. The average molecular weight is 767 g/mol. The molecule has 13 nitrogen and oxygen atoms in total. The Balaban J connectivity index is 1.14. The van der Waals surface area contributed by atoms with Gasteiger partial charge in [-0.2, -0.15) is 0 Å². The normalized spacial score (nSPS) is 13.4. The van der Waals surface area contributed by atoms with Crippen molar-refractivity contribution in [2.45, 2.75) is 32.7 Å². The van der Waals surface area contributed by atoms with Gasteiger partial charge in [0.05, 0.1) is 29.7 Å². The molecule has 1 atom stereocenters. The molecular formula is C44H30O13. The van der Waals surface area contributed by atoms with Crippen LogP contribution in [0.3, 0.4) is 0 Å². The Bertz CT molecular complexity index is 3150. The first-order valence-corrected chi connectivity index (χ1v) is 17.9. The molecule has 2 N–H and O–H groups in total. The highest BCUT2D eigenvalue weighted by Crippen LogP contribution is 2.44. The van der Waals surface area contributed by atoms with Gasteiger partial charge in [0.15, 0.2) is 5.76 Å². The molecule has 4 aromatic heterocycles. The number of benzene rings is 4. The maximum Gasteiger partial charge on any atom is 0.339 e. The Morgan fingerprint density at radius 1 is 0.649 bits per heavy atom. The van der Waals surface area contributed by atoms with Crippen molar-refractivity contribution in [3.8, 4) is 34.3 Å². The summed E-state index contributed by atoms with van der Waals surface area (Å²) >= 11 is 0. The summed E-state index contributed by atoms with van der Waals surface area (Å²) in [5, 5.41) is 22.2. The third-order valence-electron chi connectivity index (χ3n) is 9.74. The Kier molecular flexibility index (Phi) is 8.70. The van der Waals surface area contributed by atoms with Crippen LogP contribution in [0.2, 0.25) is 0 Å². The second-order valence-corrected chi connectivity index (χ2v) is 13.5. The molecule has 0 bridgehead atoms. The van der Waals surface area contributed by atoms with E-state index in [0.29, 0.717) is 62.3 Å². The molecule has 4 aromatic carbocycles. The molecule has 9 rings (SSSR count). The van der Waals surface area contributed by atoms with Crippen LogP contribution in [-0.4, -0.2) is 16.8 Å². The minimum atomic E-state index is -1.15. The maximum absolute atomic E-state index is 13.8. The van der Waals surface area contributed by atoms with E-state index in [-0.39, 0.29) is 58.8 Å². The summed E-state index contributed by atoms with van der Waals surface area (Å²) in [6.07, 6.45) is -0.989. The molecular weight excluding hydrogens is 736 g/mol. The van der Waals surface area contributed by atoms with E-state index >= 15 is 0 Å². The van der Waals surface area contributed by atoms with Crippen LogP contribution < -0.4 is 32.0 Å². The second-order valence-electron chi connectivity index (χ2n) is 13.5. The van der Waals surface area contributed by atoms with Crippen molar-refractivity contribution >= 4 is 32.9 Å². The molecule has 57 heavy (non-hydrogen) atoms. The lowest BCUT2D eigenvalue weighted by Gasteiger charge is -2.28. The quantitative estimate of drug-likeness (QED) is 0.140. The lowest BCUT2D eigenvalue weighted by atomic mass is 9.95. The molecule has 0 saturated carbocycles. The molecule has 0 spiro atoms. The summed E-state index contributed by atoms with van der Waals surface area (Å²) in [5.41, 5.74) is 1.33. The van der Waals surface area contributed by atoms with Crippen LogP contribution >= 0.6 is 0 Å². The van der Waals surface area contributed by atoms with E-state index in [1.165, 1.54) is 36.4 Å². The fourth-order valence-electron chi connectivity index (χ4n) is 7.27. The summed E-state index contributed by atoms with van der Waals surface area (Å²) in [6.45, 7) is 2.17. The molecule has 8 aromatic rings. The highest BCUT2D eigenvalue weighted by atomic mass is 16.7. The van der Waals surface area contributed by atoms with Crippen molar-refractivity contribution in [1.82, 2.24) is 0 Å². The van der Waals surface area contributed by atoms with Gasteiger partial charge in [-0.05, 0) is 96.3 Å². The van der Waals surface area contributed by atoms with Crippen LogP contribution in [0.25, 0.3) is 44.2 Å². The molecule has 1 aliphatic rings. The van der Waals surface area contributed by atoms with Gasteiger partial charge in [0.2, 0.25) is 6.29 Å². The van der Waals surface area contributed by atoms with Crippen LogP contribution in [0, 0.1) is 0 Å². The number of phenolic OH excluding ortho intramolecular Hbond substituents is 2. The van der Waals surface area contributed by atoms with E-state index in [2.05, 4.69) is 0 Å². The van der Waals surface area contributed by atoms with Crippen molar-refractivity contribution in [2.24, 2.45) is 0 Å². The fraction of sp³-hybridized carbons (Fsp3) is 0.136. The predicted octanol–water partition coefficient (Wildman–Crippen LogP) is 7.23. The summed E-state index contributed by atoms with van der Waals surface area (Å²) in [4.78, 5) is 51.4. The van der Waals surface area contributed by atoms with Crippen LogP contribution in [0.5, 0.6) is 23.0 Å². The van der Waals surface area contributed by atoms with E-state index in [4.69, 9.17) is 31.9 Å². The van der Waals surface area contributed by atoms with E-state index in [0.717, 1.165) is 5.56 Å². The van der Waals surface area contributed by atoms with Gasteiger partial charge in [0, 0.05) is 47.0 Å². The van der Waals surface area contributed by atoms with Crippen LogP contribution in [0.4, 0.5) is 0 Å². The first-order chi connectivity index (χ1) is 27.6. The van der Waals surface area contributed by atoms with Gasteiger partial charge < -0.3 is 42.1 Å². The molecule has 1 unspecified atom stereocenters. The number of ether oxygens (including phenoxy) is 3. The molecule has 0 fully saturated rings. The zero-order valence-corrected chi connectivity index (χ0v) is 30.0. The van der Waals surface area contributed by atoms with E-state index in [9.17, 15) is 29.4 Å². The minimum Gasteiger partial charge on any atom is -0.508 e. The zero-order valence-electron chi connectivity index (χ0n) is 30.0. The number of aromatic hydroxyl groups is 2. The first-order valence-electron chi connectivity index (χ1n) is 17.9. The number of hydrogen-bond donors (Lipinski definition) is 2. The van der Waals surface area contributed by atoms with Gasteiger partial charge in [0.25, 0.3) is 0 Å². The van der Waals surface area contributed by atoms with Crippen molar-refractivity contribution in [2.75, 3.05) is 6.61 Å². The summed E-state index contributed by atoms with van der Waals surface area (Å²) in [5.74, 6) is 0.896. The van der Waals surface area contributed by atoms with Gasteiger partial charge in [-0.15, -0.1) is 0 Å². The first kappa shape index (κ1) is 35.3. The molecule has 0 amide bonds. The van der Waals surface area contributed by atoms with Gasteiger partial charge in [0.1, 0.15) is 39.7 Å². The minimum absolute atomic E-state index is 0.0450. The SMILES string of the molecule is CCOc1ccc2oc(=O)cc(COC3Oc4ccc(Cc5cc(=O)oc6cc(O)ccc56)cc4-c4oc(=O)c(Cc5cc(=O)oc6cccc(O)c56)cc43)c2c1. The fourth-order valence-corrected chi connectivity index (χ4v) is 7.27. The molecule has 0 saturated heterocycles. The molecule has 1 aliphatic heterocycles. The monoisotopic (exact) mass is 766 g/mol. The van der Waals surface area contributed by atoms with Crippen LogP contribution in [0.1, 0.15) is 46.6 Å². The largest absolute Gasteiger partial charge is 0.508 e. The number of hydrogen-bond acceptors (Lipinski definition) is 13. The Morgan fingerprint density at radius 3 is 2.25 bits per heavy atom. The summed E-state index contributed by atoms with van der Waals surface area (Å²) in [6, 6.07) is 25.0. The highest BCUT2D eigenvalue weighted by molar-refractivity contribution is 5.87. The standard InChI is InChI=1S/C44H30O13/c1-2-51-28-8-11-34-30(20-28)26(18-40(49)53-34)21-52-44-32-15-25(14-24-17-39(48)54-36-5-3-4-33(46)41(24)36)43(50)57-42(32)31-13-22(6-10-35(31)56-44)12-23-16-38(47)55-37-19-27(45)7-9-29(23)37/h3-11,13,15-20,44-46H,2,12,14,21H2,1H3. The van der Waals surface area contributed by atoms with Crippen LogP contribution in [-0.2, 0) is 24.2 Å². The zero-order chi connectivity index (χ0) is 39.4. The van der Waals surface area contributed by atoms with Crippen molar-refractivity contribution in [3.63, 3.8) is 0 Å². The Morgan fingerprint density at radius 2 is 1.42 bits per heavy atom. The number of fused-ring (bicyclic) bond motifs is 6. The molecule has 0 radical (unpaired) electrons. The lowest BCUT2D eigenvalue weighted by molar-refractivity contribution is -0.0952. The molecule has 13 heteroatoms. The third kappa shape index (κ3) is 6.70. The van der Waals surface area contributed by atoms with Crippen molar-refractivity contribution in [1.29, 1.82) is 0 Å². The van der Waals surface area contributed by atoms with Crippen molar-refractivity contribution in [3.05, 3.63) is 172 Å². The summed E-state index contributed by atoms with van der Waals surface area (Å²) in [7, 11) is 0. The Labute approximate surface area is 320 Å². The molecule has 5 heterocycles. The molecule has 0 aliphatic carbocycles. The van der Waals surface area contributed by atoms with Gasteiger partial charge in [-0.3, -0.25) is 0 Å². The van der Waals surface area contributed by atoms with E-state index < -0.39 is 28.8 Å². The lowest BCUT2D eigenvalue weighted by Crippen LogP contribution is -2.21. The smallest absolute Gasteiger partial charge is 0.339 e. The highest BCUT2D eigenvalue weighted by Gasteiger charge is 2.31. The second kappa shape index (κ2) is 14.0. The predicted molar refractivity (Wildman–Crippen MR) is 206 cm³/mol. The third-order valence-corrected chi connectivity index (χ3v) is 9.74. The molecule has 284 valence electrons. The number of rotatable bonds is 9. The van der Waals surface area contributed by atoms with Crippen LogP contribution in [0.15, 0.2) is 134 Å². The van der Waals surface area contributed by atoms with Gasteiger partial charge in [-0.25, -0.2) is 19.2 Å². The van der Waals surface area contributed by atoms with E-state index in [1.54, 1.807) is 60.7 Å². The van der Waals surface area contributed by atoms with Gasteiger partial charge >= 0.3 is 22.5 Å². The maximum atomic E-state index is 13.8.